The third-order valence-electron chi connectivity index (χ3n) is 2.38. The Balaban J connectivity index is 2.75. The third kappa shape index (κ3) is 1.86. The molecule has 0 saturated heterocycles. The molecule has 0 fully saturated rings. The van der Waals surface area contributed by atoms with Gasteiger partial charge in [0.1, 0.15) is 0 Å². The van der Waals surface area contributed by atoms with Crippen molar-refractivity contribution in [3.05, 3.63) is 29.5 Å². The van der Waals surface area contributed by atoms with Crippen LogP contribution in [0, 0.1) is 13.8 Å². The van der Waals surface area contributed by atoms with Crippen molar-refractivity contribution in [1.82, 2.24) is 9.97 Å². The van der Waals surface area contributed by atoms with E-state index in [1.165, 1.54) is 0 Å². The molecule has 0 aliphatic rings. The third-order valence-corrected chi connectivity index (χ3v) is 2.38. The first kappa shape index (κ1) is 10.5. The second kappa shape index (κ2) is 3.89. The highest BCUT2D eigenvalue weighted by atomic mass is 15.1. The largest absolute Gasteiger partial charge is 0.387 e. The van der Waals surface area contributed by atoms with Crippen molar-refractivity contribution in [2.24, 2.45) is 10.7 Å². The summed E-state index contributed by atoms with van der Waals surface area (Å²) in [5.41, 5.74) is 8.51. The molecule has 0 spiro atoms. The van der Waals surface area contributed by atoms with E-state index in [0.29, 0.717) is 11.8 Å². The van der Waals surface area contributed by atoms with Crippen LogP contribution in [-0.4, -0.2) is 15.8 Å². The molecule has 0 bridgehead atoms. The average molecular weight is 214 g/mol. The first-order valence-corrected chi connectivity index (χ1v) is 5.12. The zero-order chi connectivity index (χ0) is 11.7. The van der Waals surface area contributed by atoms with Gasteiger partial charge < -0.3 is 5.73 Å². The maximum absolute atomic E-state index is 5.53. The molecule has 2 aromatic rings. The summed E-state index contributed by atoms with van der Waals surface area (Å²) in [6.07, 6.45) is 0. The van der Waals surface area contributed by atoms with E-state index in [4.69, 9.17) is 5.73 Å². The molecular formula is C12H14N4. The zero-order valence-corrected chi connectivity index (χ0v) is 9.65. The van der Waals surface area contributed by atoms with Gasteiger partial charge in [-0.25, -0.2) is 9.97 Å². The highest BCUT2D eigenvalue weighted by Crippen LogP contribution is 2.21. The summed E-state index contributed by atoms with van der Waals surface area (Å²) < 4.78 is 0. The van der Waals surface area contributed by atoms with Crippen molar-refractivity contribution >= 4 is 22.7 Å². The molecule has 1 aromatic carbocycles. The maximum atomic E-state index is 5.53. The number of para-hydroxylation sites is 1. The Morgan fingerprint density at radius 2 is 2.00 bits per heavy atom. The fraction of sp³-hybridized carbons (Fsp3) is 0.250. The number of rotatable bonds is 1. The van der Waals surface area contributed by atoms with Gasteiger partial charge in [-0.15, -0.1) is 0 Å². The van der Waals surface area contributed by atoms with Crippen LogP contribution in [0.15, 0.2) is 23.2 Å². The number of benzene rings is 1. The molecule has 82 valence electrons. The summed E-state index contributed by atoms with van der Waals surface area (Å²) in [5.74, 6) is 0.895. The van der Waals surface area contributed by atoms with Gasteiger partial charge in [0.25, 0.3) is 5.95 Å². The molecule has 1 heterocycles. The molecule has 0 unspecified atom stereocenters. The lowest BCUT2D eigenvalue weighted by molar-refractivity contribution is 1.12. The number of amidine groups is 1. The summed E-state index contributed by atoms with van der Waals surface area (Å²) in [7, 11) is 0. The molecule has 0 saturated carbocycles. The number of aliphatic imine (C=N–C) groups is 1. The first-order valence-electron chi connectivity index (χ1n) is 5.12. The Kier molecular flexibility index (Phi) is 2.56. The van der Waals surface area contributed by atoms with Crippen molar-refractivity contribution in [2.45, 2.75) is 20.8 Å². The molecule has 4 heteroatoms. The van der Waals surface area contributed by atoms with Crippen LogP contribution >= 0.6 is 0 Å². The van der Waals surface area contributed by atoms with Crippen molar-refractivity contribution in [2.75, 3.05) is 0 Å². The van der Waals surface area contributed by atoms with Crippen LogP contribution in [0.5, 0.6) is 0 Å². The van der Waals surface area contributed by atoms with Crippen LogP contribution in [0.25, 0.3) is 10.9 Å². The highest BCUT2D eigenvalue weighted by Gasteiger charge is 2.05. The molecule has 0 radical (unpaired) electrons. The second-order valence-electron chi connectivity index (χ2n) is 3.83. The molecule has 16 heavy (non-hydrogen) atoms. The van der Waals surface area contributed by atoms with E-state index in [2.05, 4.69) is 15.0 Å². The van der Waals surface area contributed by atoms with Crippen molar-refractivity contribution < 1.29 is 0 Å². The molecular weight excluding hydrogens is 200 g/mol. The molecule has 2 N–H and O–H groups in total. The quantitative estimate of drug-likeness (QED) is 0.585. The van der Waals surface area contributed by atoms with Gasteiger partial charge in [0, 0.05) is 5.39 Å². The number of nitrogens with zero attached hydrogens (tertiary/aromatic N) is 3. The topological polar surface area (TPSA) is 64.2 Å². The van der Waals surface area contributed by atoms with E-state index in [1.54, 1.807) is 6.92 Å². The SMILES string of the molecule is CC(N)=Nc1nc(C)c2cccc(C)c2n1. The predicted octanol–water partition coefficient (Wildman–Crippen LogP) is 2.26. The van der Waals surface area contributed by atoms with E-state index in [9.17, 15) is 0 Å². The van der Waals surface area contributed by atoms with Crippen LogP contribution in [0.1, 0.15) is 18.2 Å². The Morgan fingerprint density at radius 1 is 1.25 bits per heavy atom. The number of hydrogen-bond donors (Lipinski definition) is 1. The van der Waals surface area contributed by atoms with Gasteiger partial charge in [-0.2, -0.15) is 4.99 Å². The highest BCUT2D eigenvalue weighted by molar-refractivity contribution is 5.85. The zero-order valence-electron chi connectivity index (χ0n) is 9.65. The van der Waals surface area contributed by atoms with Gasteiger partial charge in [-0.3, -0.25) is 0 Å². The van der Waals surface area contributed by atoms with Gasteiger partial charge in [0.15, 0.2) is 0 Å². The standard InChI is InChI=1S/C12H14N4/c1-7-5-4-6-10-8(2)14-12(15-9(3)13)16-11(7)10/h4-6H,1-3H3,(H2,13,14,15,16). The minimum absolute atomic E-state index is 0.430. The van der Waals surface area contributed by atoms with Gasteiger partial charge in [0.05, 0.1) is 17.0 Å². The normalized spacial score (nSPS) is 12.1. The number of aryl methyl sites for hydroxylation is 2. The lowest BCUT2D eigenvalue weighted by atomic mass is 10.1. The monoisotopic (exact) mass is 214 g/mol. The Labute approximate surface area is 94.2 Å². The molecule has 4 nitrogen and oxygen atoms in total. The van der Waals surface area contributed by atoms with Crippen LogP contribution in [0.3, 0.4) is 0 Å². The van der Waals surface area contributed by atoms with Crippen molar-refractivity contribution in [3.63, 3.8) is 0 Å². The van der Waals surface area contributed by atoms with Crippen LogP contribution in [0.2, 0.25) is 0 Å². The fourth-order valence-corrected chi connectivity index (χ4v) is 1.64. The van der Waals surface area contributed by atoms with E-state index < -0.39 is 0 Å². The van der Waals surface area contributed by atoms with Gasteiger partial charge in [0.2, 0.25) is 0 Å². The minimum Gasteiger partial charge on any atom is -0.387 e. The Morgan fingerprint density at radius 3 is 2.69 bits per heavy atom. The molecule has 0 atom stereocenters. The van der Waals surface area contributed by atoms with Crippen molar-refractivity contribution in [1.29, 1.82) is 0 Å². The average Bonchev–Trinajstić information content (AvgIpc) is 2.19. The maximum Gasteiger partial charge on any atom is 0.251 e. The van der Waals surface area contributed by atoms with Gasteiger partial charge >= 0.3 is 0 Å². The summed E-state index contributed by atoms with van der Waals surface area (Å²) in [4.78, 5) is 12.8. The molecule has 0 aliphatic heterocycles. The summed E-state index contributed by atoms with van der Waals surface area (Å²) in [6, 6.07) is 6.04. The molecule has 1 aromatic heterocycles. The predicted molar refractivity (Wildman–Crippen MR) is 66.0 cm³/mol. The van der Waals surface area contributed by atoms with Crippen LogP contribution < -0.4 is 5.73 Å². The molecule has 0 aliphatic carbocycles. The van der Waals surface area contributed by atoms with E-state index in [1.807, 2.05) is 32.0 Å². The number of fused-ring (bicyclic) bond motifs is 1. The molecule has 2 rings (SSSR count). The van der Waals surface area contributed by atoms with Crippen molar-refractivity contribution in [3.8, 4) is 0 Å². The first-order chi connectivity index (χ1) is 7.58. The van der Waals surface area contributed by atoms with E-state index in [-0.39, 0.29) is 0 Å². The number of nitrogens with two attached hydrogens (primary N) is 1. The Bertz CT molecular complexity index is 568. The summed E-state index contributed by atoms with van der Waals surface area (Å²) >= 11 is 0. The lowest BCUT2D eigenvalue weighted by Crippen LogP contribution is -2.05. The van der Waals surface area contributed by atoms with Crippen LogP contribution in [-0.2, 0) is 0 Å². The fourth-order valence-electron chi connectivity index (χ4n) is 1.64. The minimum atomic E-state index is 0.430. The van der Waals surface area contributed by atoms with Gasteiger partial charge in [-0.1, -0.05) is 18.2 Å². The van der Waals surface area contributed by atoms with Crippen LogP contribution in [0.4, 0.5) is 5.95 Å². The number of hydrogen-bond acceptors (Lipinski definition) is 3. The van der Waals surface area contributed by atoms with Gasteiger partial charge in [-0.05, 0) is 26.3 Å². The lowest BCUT2D eigenvalue weighted by Gasteiger charge is -2.04. The van der Waals surface area contributed by atoms with E-state index >= 15 is 0 Å². The second-order valence-corrected chi connectivity index (χ2v) is 3.83. The smallest absolute Gasteiger partial charge is 0.251 e. The summed E-state index contributed by atoms with van der Waals surface area (Å²) in [6.45, 7) is 5.70. The number of aromatic nitrogens is 2. The summed E-state index contributed by atoms with van der Waals surface area (Å²) in [5, 5.41) is 1.06. The Hall–Kier alpha value is -1.97. The van der Waals surface area contributed by atoms with E-state index in [0.717, 1.165) is 22.2 Å². The molecule has 0 amide bonds.